The summed E-state index contributed by atoms with van der Waals surface area (Å²) in [4.78, 5) is 60.2. The molecule has 1 saturated carbocycles. The normalized spacial score (nSPS) is 21.9. The van der Waals surface area contributed by atoms with Crippen molar-refractivity contribution in [3.8, 4) is 0 Å². The van der Waals surface area contributed by atoms with Crippen LogP contribution in [0.5, 0.6) is 0 Å². The van der Waals surface area contributed by atoms with E-state index in [0.717, 1.165) is 50.5 Å². The summed E-state index contributed by atoms with van der Waals surface area (Å²) < 4.78 is 7.94. The van der Waals surface area contributed by atoms with E-state index in [1.165, 1.54) is 11.7 Å². The average molecular weight is 554 g/mol. The SMILES string of the molecule is CCC1CN(C(=O)COC)CCN1C(=O)C1CCC(Cn2c(=O)c3cc(CCC=NC)ccc3n(C)c2=O)CC1. The van der Waals surface area contributed by atoms with Crippen LogP contribution in [0.2, 0.25) is 0 Å². The highest BCUT2D eigenvalue weighted by molar-refractivity contribution is 5.81. The zero-order valence-electron chi connectivity index (χ0n) is 24.3. The zero-order valence-corrected chi connectivity index (χ0v) is 24.3. The molecule has 1 unspecified atom stereocenters. The van der Waals surface area contributed by atoms with Crippen LogP contribution in [0, 0.1) is 11.8 Å². The van der Waals surface area contributed by atoms with E-state index >= 15 is 0 Å². The Balaban J connectivity index is 1.41. The maximum absolute atomic E-state index is 13.5. The Kier molecular flexibility index (Phi) is 9.95. The molecule has 1 aliphatic heterocycles. The van der Waals surface area contributed by atoms with Gasteiger partial charge in [-0.3, -0.25) is 23.5 Å². The molecule has 40 heavy (non-hydrogen) atoms. The van der Waals surface area contributed by atoms with E-state index < -0.39 is 0 Å². The molecule has 10 heteroatoms. The number of methoxy groups -OCH3 is 1. The molecular formula is C30H43N5O5. The first kappa shape index (κ1) is 29.7. The highest BCUT2D eigenvalue weighted by Crippen LogP contribution is 2.32. The summed E-state index contributed by atoms with van der Waals surface area (Å²) in [6.45, 7) is 4.10. The number of aryl methyl sites for hydroxylation is 2. The van der Waals surface area contributed by atoms with Crippen molar-refractivity contribution in [2.75, 3.05) is 40.4 Å². The first-order valence-electron chi connectivity index (χ1n) is 14.5. The van der Waals surface area contributed by atoms with Crippen LogP contribution in [0.15, 0.2) is 32.8 Å². The number of hydrogen-bond acceptors (Lipinski definition) is 6. The predicted octanol–water partition coefficient (Wildman–Crippen LogP) is 2.24. The molecule has 0 N–H and O–H groups in total. The van der Waals surface area contributed by atoms with Crippen molar-refractivity contribution in [2.24, 2.45) is 23.9 Å². The fourth-order valence-corrected chi connectivity index (χ4v) is 6.26. The van der Waals surface area contributed by atoms with Crippen LogP contribution >= 0.6 is 0 Å². The standard InChI is InChI=1S/C30H43N5O5/c1-5-24-19-33(27(36)20-40-4)15-16-34(24)28(37)23-11-8-22(9-12-23)18-35-29(38)25-17-21(7-6-14-31-2)10-13-26(25)32(3)30(35)39/h10,13-14,17,22-24H,5-9,11-12,15-16,18-20H2,1-4H3. The molecule has 0 bridgehead atoms. The van der Waals surface area contributed by atoms with Crippen molar-refractivity contribution in [1.29, 1.82) is 0 Å². The fourth-order valence-electron chi connectivity index (χ4n) is 6.26. The van der Waals surface area contributed by atoms with E-state index in [-0.39, 0.29) is 47.5 Å². The van der Waals surface area contributed by atoms with Crippen LogP contribution in [0.3, 0.4) is 0 Å². The summed E-state index contributed by atoms with van der Waals surface area (Å²) in [6.07, 6.45) is 7.31. The lowest BCUT2D eigenvalue weighted by atomic mass is 9.81. The summed E-state index contributed by atoms with van der Waals surface area (Å²) in [6, 6.07) is 5.74. The number of benzene rings is 1. The second-order valence-corrected chi connectivity index (χ2v) is 11.2. The number of aromatic nitrogens is 2. The van der Waals surface area contributed by atoms with Gasteiger partial charge in [-0.15, -0.1) is 0 Å². The lowest BCUT2D eigenvalue weighted by molar-refractivity contribution is -0.148. The maximum atomic E-state index is 13.5. The van der Waals surface area contributed by atoms with Crippen molar-refractivity contribution < 1.29 is 14.3 Å². The third-order valence-corrected chi connectivity index (χ3v) is 8.65. The maximum Gasteiger partial charge on any atom is 0.331 e. The van der Waals surface area contributed by atoms with Gasteiger partial charge >= 0.3 is 5.69 Å². The van der Waals surface area contributed by atoms with Gasteiger partial charge in [-0.05, 0) is 74.8 Å². The monoisotopic (exact) mass is 553 g/mol. The van der Waals surface area contributed by atoms with E-state index in [0.29, 0.717) is 37.1 Å². The molecule has 1 aliphatic carbocycles. The minimum absolute atomic E-state index is 0.0122. The average Bonchev–Trinajstić information content (AvgIpc) is 2.98. The molecule has 1 saturated heterocycles. The molecule has 2 heterocycles. The summed E-state index contributed by atoms with van der Waals surface area (Å²) in [5, 5.41) is 0.561. The number of carbonyl (C=O) groups excluding carboxylic acids is 2. The summed E-state index contributed by atoms with van der Waals surface area (Å²) in [5.74, 6) is 0.243. The molecule has 2 aromatic rings. The van der Waals surface area contributed by atoms with Crippen LogP contribution in [-0.2, 0) is 34.3 Å². The molecule has 1 aromatic heterocycles. The second kappa shape index (κ2) is 13.4. The van der Waals surface area contributed by atoms with Crippen molar-refractivity contribution in [2.45, 2.75) is 64.5 Å². The van der Waals surface area contributed by atoms with Crippen molar-refractivity contribution >= 4 is 28.9 Å². The van der Waals surface area contributed by atoms with Crippen LogP contribution in [0.4, 0.5) is 0 Å². The topological polar surface area (TPSA) is 106 Å². The van der Waals surface area contributed by atoms with Gasteiger partial charge in [0.1, 0.15) is 6.61 Å². The molecular weight excluding hydrogens is 510 g/mol. The first-order valence-corrected chi connectivity index (χ1v) is 14.5. The van der Waals surface area contributed by atoms with Crippen molar-refractivity contribution in [3.63, 3.8) is 0 Å². The summed E-state index contributed by atoms with van der Waals surface area (Å²) >= 11 is 0. The van der Waals surface area contributed by atoms with Crippen molar-refractivity contribution in [3.05, 3.63) is 44.6 Å². The number of rotatable bonds is 9. The smallest absolute Gasteiger partial charge is 0.331 e. The molecule has 2 fully saturated rings. The number of amides is 2. The van der Waals surface area contributed by atoms with Gasteiger partial charge in [0.2, 0.25) is 11.8 Å². The number of nitrogens with zero attached hydrogens (tertiary/aromatic N) is 5. The molecule has 2 amide bonds. The first-order chi connectivity index (χ1) is 19.3. The highest BCUT2D eigenvalue weighted by Gasteiger charge is 2.36. The number of ether oxygens (including phenoxy) is 1. The van der Waals surface area contributed by atoms with Gasteiger partial charge in [-0.1, -0.05) is 13.0 Å². The molecule has 0 spiro atoms. The largest absolute Gasteiger partial charge is 0.375 e. The molecule has 1 atom stereocenters. The molecule has 10 nitrogen and oxygen atoms in total. The van der Waals surface area contributed by atoms with Crippen LogP contribution in [-0.4, -0.2) is 83.4 Å². The third-order valence-electron chi connectivity index (χ3n) is 8.65. The Hall–Kier alpha value is -3.27. The van der Waals surface area contributed by atoms with Gasteiger partial charge in [0, 0.05) is 59.3 Å². The van der Waals surface area contributed by atoms with Gasteiger partial charge in [-0.25, -0.2) is 4.79 Å². The Morgan fingerprint density at radius 1 is 1.12 bits per heavy atom. The van der Waals surface area contributed by atoms with Gasteiger partial charge in [0.15, 0.2) is 0 Å². The molecule has 4 rings (SSSR count). The molecule has 2 aliphatic rings. The minimum Gasteiger partial charge on any atom is -0.375 e. The Morgan fingerprint density at radius 2 is 1.88 bits per heavy atom. The predicted molar refractivity (Wildman–Crippen MR) is 156 cm³/mol. The lowest BCUT2D eigenvalue weighted by Crippen LogP contribution is -2.58. The van der Waals surface area contributed by atoms with Gasteiger partial charge in [-0.2, -0.15) is 0 Å². The van der Waals surface area contributed by atoms with Crippen LogP contribution < -0.4 is 11.2 Å². The number of carbonyl (C=O) groups is 2. The quantitative estimate of drug-likeness (QED) is 0.443. The van der Waals surface area contributed by atoms with E-state index in [2.05, 4.69) is 11.9 Å². The van der Waals surface area contributed by atoms with E-state index in [9.17, 15) is 19.2 Å². The highest BCUT2D eigenvalue weighted by atomic mass is 16.5. The number of aliphatic imine (C=N–C) groups is 1. The molecule has 218 valence electrons. The summed E-state index contributed by atoms with van der Waals surface area (Å²) in [7, 11) is 4.97. The number of fused-ring (bicyclic) bond motifs is 1. The van der Waals surface area contributed by atoms with Gasteiger partial charge in [0.05, 0.1) is 10.9 Å². The van der Waals surface area contributed by atoms with E-state index in [4.69, 9.17) is 4.74 Å². The number of hydrogen-bond donors (Lipinski definition) is 0. The summed E-state index contributed by atoms with van der Waals surface area (Å²) in [5.41, 5.74) is 1.15. The third kappa shape index (κ3) is 6.37. The Labute approximate surface area is 235 Å². The van der Waals surface area contributed by atoms with Gasteiger partial charge in [0.25, 0.3) is 5.56 Å². The zero-order chi connectivity index (χ0) is 28.8. The van der Waals surface area contributed by atoms with Crippen LogP contribution in [0.1, 0.15) is 51.0 Å². The van der Waals surface area contributed by atoms with E-state index in [1.807, 2.05) is 29.3 Å². The Bertz CT molecular complexity index is 1350. The minimum atomic E-state index is -0.298. The van der Waals surface area contributed by atoms with E-state index in [1.54, 1.807) is 23.6 Å². The fraction of sp³-hybridized carbons (Fsp3) is 0.633. The number of piperazine rings is 1. The van der Waals surface area contributed by atoms with Crippen LogP contribution in [0.25, 0.3) is 10.9 Å². The Morgan fingerprint density at radius 3 is 2.55 bits per heavy atom. The second-order valence-electron chi connectivity index (χ2n) is 11.2. The van der Waals surface area contributed by atoms with Gasteiger partial charge < -0.3 is 19.5 Å². The van der Waals surface area contributed by atoms with Crippen molar-refractivity contribution in [1.82, 2.24) is 18.9 Å². The molecule has 1 aromatic carbocycles. The molecule has 0 radical (unpaired) electrons. The lowest BCUT2D eigenvalue weighted by Gasteiger charge is -2.43.